The van der Waals surface area contributed by atoms with Crippen LogP contribution in [0, 0.1) is 6.92 Å². The fraction of sp³-hybridized carbons (Fsp3) is 0.290. The number of hydrogen-bond donors (Lipinski definition) is 5. The maximum Gasteiger partial charge on any atom is 0.269 e. The van der Waals surface area contributed by atoms with Gasteiger partial charge in [-0.25, -0.2) is 5.84 Å². The Bertz CT molecular complexity index is 1420. The Morgan fingerprint density at radius 2 is 1.71 bits per heavy atom. The van der Waals surface area contributed by atoms with Crippen LogP contribution in [0.4, 0.5) is 17.1 Å². The molecule has 0 spiro atoms. The molecule has 218 valence electrons. The van der Waals surface area contributed by atoms with Gasteiger partial charge in [-0.05, 0) is 60.2 Å². The first-order valence-electron chi connectivity index (χ1n) is 13.2. The maximum atomic E-state index is 13.4. The van der Waals surface area contributed by atoms with Crippen molar-refractivity contribution in [1.29, 1.82) is 0 Å². The number of carbonyl (C=O) groups is 2. The lowest BCUT2D eigenvalue weighted by Gasteiger charge is -2.24. The van der Waals surface area contributed by atoms with Crippen LogP contribution in [-0.4, -0.2) is 25.2 Å². The van der Waals surface area contributed by atoms with Crippen LogP contribution < -0.4 is 36.7 Å². The average Bonchev–Trinajstić information content (AvgIpc) is 2.93. The number of carbonyl (C=O) groups excluding carboxylic acids is 2. The Morgan fingerprint density at radius 3 is 2.32 bits per heavy atom. The molecule has 41 heavy (non-hydrogen) atoms. The number of rotatable bonds is 10. The number of nitrogens with two attached hydrogens (primary N) is 2. The number of benzene rings is 3. The van der Waals surface area contributed by atoms with Gasteiger partial charge in [0.2, 0.25) is 0 Å². The van der Waals surface area contributed by atoms with Crippen molar-refractivity contribution in [2.24, 2.45) is 11.6 Å². The number of hydrogen-bond acceptors (Lipinski definition) is 8. The van der Waals surface area contributed by atoms with Gasteiger partial charge in [-0.3, -0.25) is 14.6 Å². The van der Waals surface area contributed by atoms with E-state index in [-0.39, 0.29) is 23.1 Å². The van der Waals surface area contributed by atoms with Crippen LogP contribution in [0.25, 0.3) is 0 Å². The molecule has 0 fully saturated rings. The third kappa shape index (κ3) is 7.96. The minimum Gasteiger partial charge on any atom is -0.492 e. The quantitative estimate of drug-likeness (QED) is 0.0911. The lowest BCUT2D eigenvalue weighted by atomic mass is 9.86. The van der Waals surface area contributed by atoms with Crippen molar-refractivity contribution in [3.63, 3.8) is 0 Å². The Labute approximate surface area is 246 Å². The first-order valence-corrected chi connectivity index (χ1v) is 14.4. The van der Waals surface area contributed by atoms with E-state index in [0.717, 1.165) is 22.4 Å². The van der Waals surface area contributed by atoms with Gasteiger partial charge in [0.15, 0.2) is 5.75 Å². The van der Waals surface area contributed by atoms with Gasteiger partial charge >= 0.3 is 0 Å². The van der Waals surface area contributed by atoms with Gasteiger partial charge in [0.25, 0.3) is 11.8 Å². The van der Waals surface area contributed by atoms with E-state index >= 15 is 0 Å². The average molecular weight is 577 g/mol. The molecule has 0 radical (unpaired) electrons. The second kappa shape index (κ2) is 13.5. The molecule has 0 aliphatic heterocycles. The Hall–Kier alpha value is -4.15. The number of amides is 2. The number of aryl methyl sites for hydroxylation is 1. The zero-order chi connectivity index (χ0) is 30.3. The first-order chi connectivity index (χ1) is 19.3. The standard InChI is InChI=1S/C31H40N6O3S/c1-19-13-14-22(29(38)35-25-16-23(31(3,4)5)17-26(36-41-7)28(25)40-6)15-27(19)37(33)18-24(32)30(39)34-20(2)21-11-9-8-10-12-21/h8-18,20,36H,32-33H2,1-7H3,(H,34,39)(H,35,38)/b24-18-. The number of hydrazine groups is 1. The summed E-state index contributed by atoms with van der Waals surface area (Å²) in [4.78, 5) is 26.1. The largest absolute Gasteiger partial charge is 0.492 e. The van der Waals surface area contributed by atoms with Gasteiger partial charge in [-0.15, -0.1) is 0 Å². The summed E-state index contributed by atoms with van der Waals surface area (Å²) in [6, 6.07) is 18.4. The highest BCUT2D eigenvalue weighted by molar-refractivity contribution is 7.99. The number of anilines is 3. The molecule has 7 N–H and O–H groups in total. The van der Waals surface area contributed by atoms with E-state index in [4.69, 9.17) is 16.3 Å². The SMILES string of the molecule is COc1c(NSC)cc(C(C)(C)C)cc1NC(=O)c1ccc(C)c(N(N)/C=C(\N)C(=O)NC(C)c2ccccc2)c1. The molecule has 3 aromatic carbocycles. The van der Waals surface area contributed by atoms with Crippen molar-refractivity contribution in [2.45, 2.75) is 46.1 Å². The van der Waals surface area contributed by atoms with Crippen LogP contribution in [0.3, 0.4) is 0 Å². The van der Waals surface area contributed by atoms with Crippen molar-refractivity contribution in [2.75, 3.05) is 28.4 Å². The third-order valence-corrected chi connectivity index (χ3v) is 6.98. The van der Waals surface area contributed by atoms with Crippen molar-refractivity contribution >= 4 is 40.8 Å². The molecule has 0 aromatic heterocycles. The fourth-order valence-electron chi connectivity index (χ4n) is 4.17. The van der Waals surface area contributed by atoms with E-state index in [9.17, 15) is 9.59 Å². The molecule has 1 unspecified atom stereocenters. The van der Waals surface area contributed by atoms with Crippen LogP contribution >= 0.6 is 11.9 Å². The Kier molecular flexibility index (Phi) is 10.3. The lowest BCUT2D eigenvalue weighted by Crippen LogP contribution is -2.34. The van der Waals surface area contributed by atoms with E-state index in [0.29, 0.717) is 22.7 Å². The summed E-state index contributed by atoms with van der Waals surface area (Å²) >= 11 is 1.44. The molecular weight excluding hydrogens is 536 g/mol. The van der Waals surface area contributed by atoms with Gasteiger partial charge in [0.1, 0.15) is 5.70 Å². The zero-order valence-corrected chi connectivity index (χ0v) is 25.5. The smallest absolute Gasteiger partial charge is 0.269 e. The summed E-state index contributed by atoms with van der Waals surface area (Å²) < 4.78 is 8.90. The highest BCUT2D eigenvalue weighted by Gasteiger charge is 2.22. The molecule has 1 atom stereocenters. The maximum absolute atomic E-state index is 13.4. The number of ether oxygens (including phenoxy) is 1. The second-order valence-electron chi connectivity index (χ2n) is 10.7. The van der Waals surface area contributed by atoms with Crippen LogP contribution in [0.15, 0.2) is 72.6 Å². The minimum absolute atomic E-state index is 0.0675. The fourth-order valence-corrected chi connectivity index (χ4v) is 4.54. The molecule has 0 heterocycles. The summed E-state index contributed by atoms with van der Waals surface area (Å²) in [5, 5.41) is 7.11. The summed E-state index contributed by atoms with van der Waals surface area (Å²) in [6.07, 6.45) is 3.26. The molecule has 9 nitrogen and oxygen atoms in total. The van der Waals surface area contributed by atoms with E-state index in [2.05, 4.69) is 36.1 Å². The highest BCUT2D eigenvalue weighted by Crippen LogP contribution is 2.39. The monoisotopic (exact) mass is 576 g/mol. The van der Waals surface area contributed by atoms with E-state index in [1.54, 1.807) is 25.3 Å². The van der Waals surface area contributed by atoms with Crippen molar-refractivity contribution in [3.05, 3.63) is 94.8 Å². The normalized spacial score (nSPS) is 12.3. The van der Waals surface area contributed by atoms with Crippen molar-refractivity contribution in [3.8, 4) is 5.75 Å². The highest BCUT2D eigenvalue weighted by atomic mass is 32.2. The lowest BCUT2D eigenvalue weighted by molar-refractivity contribution is -0.118. The topological polar surface area (TPSA) is 135 Å². The van der Waals surface area contributed by atoms with Gasteiger partial charge in [0, 0.05) is 18.0 Å². The van der Waals surface area contributed by atoms with Gasteiger partial charge in [0.05, 0.1) is 30.2 Å². The van der Waals surface area contributed by atoms with Gasteiger partial charge in [-0.1, -0.05) is 69.1 Å². The van der Waals surface area contributed by atoms with Crippen LogP contribution in [0.5, 0.6) is 5.75 Å². The van der Waals surface area contributed by atoms with E-state index in [1.165, 1.54) is 23.2 Å². The summed E-state index contributed by atoms with van der Waals surface area (Å²) in [5.74, 6) is 6.03. The molecule has 0 saturated carbocycles. The summed E-state index contributed by atoms with van der Waals surface area (Å²) in [7, 11) is 1.57. The summed E-state index contributed by atoms with van der Waals surface area (Å²) in [5.41, 5.74) is 10.8. The molecule has 3 aromatic rings. The first kappa shape index (κ1) is 31.4. The molecule has 3 rings (SSSR count). The molecule has 0 aliphatic rings. The van der Waals surface area contributed by atoms with Crippen molar-refractivity contribution in [1.82, 2.24) is 5.32 Å². The van der Waals surface area contributed by atoms with Crippen LogP contribution in [0.1, 0.15) is 60.8 Å². The molecule has 0 bridgehead atoms. The molecule has 0 saturated heterocycles. The van der Waals surface area contributed by atoms with Crippen LogP contribution in [-0.2, 0) is 10.2 Å². The predicted molar refractivity (Wildman–Crippen MR) is 170 cm³/mol. The number of nitrogens with one attached hydrogen (secondary N) is 3. The third-order valence-electron chi connectivity index (χ3n) is 6.56. The predicted octanol–water partition coefficient (Wildman–Crippen LogP) is 5.60. The Morgan fingerprint density at radius 1 is 1.05 bits per heavy atom. The van der Waals surface area contributed by atoms with Gasteiger partial charge in [-0.2, -0.15) is 0 Å². The second-order valence-corrected chi connectivity index (χ2v) is 11.3. The van der Waals surface area contributed by atoms with Crippen molar-refractivity contribution < 1.29 is 14.3 Å². The Balaban J connectivity index is 1.85. The molecule has 0 aliphatic carbocycles. The minimum atomic E-state index is -0.455. The number of methoxy groups -OCH3 is 1. The molecule has 10 heteroatoms. The molecular formula is C31H40N6O3S. The molecule has 2 amide bonds. The van der Waals surface area contributed by atoms with Crippen LogP contribution in [0.2, 0.25) is 0 Å². The zero-order valence-electron chi connectivity index (χ0n) is 24.7. The van der Waals surface area contributed by atoms with Gasteiger partial charge < -0.3 is 25.8 Å². The van der Waals surface area contributed by atoms with E-state index < -0.39 is 5.91 Å². The summed E-state index contributed by atoms with van der Waals surface area (Å²) in [6.45, 7) is 10.0. The number of nitrogens with zero attached hydrogens (tertiary/aromatic N) is 1. The van der Waals surface area contributed by atoms with E-state index in [1.807, 2.05) is 62.6 Å².